The molecule has 90 valence electrons. The summed E-state index contributed by atoms with van der Waals surface area (Å²) in [6.45, 7) is 1.32. The molecule has 0 radical (unpaired) electrons. The molecule has 1 atom stereocenters. The van der Waals surface area contributed by atoms with Gasteiger partial charge in [-0.05, 0) is 35.0 Å². The van der Waals surface area contributed by atoms with Crippen LogP contribution in [0.25, 0.3) is 0 Å². The van der Waals surface area contributed by atoms with Crippen molar-refractivity contribution < 1.29 is 18.3 Å². The summed E-state index contributed by atoms with van der Waals surface area (Å²) in [5.41, 5.74) is 0. The molecule has 1 aromatic heterocycles. The maximum atomic E-state index is 11.9. The van der Waals surface area contributed by atoms with Gasteiger partial charge in [0.05, 0.1) is 3.79 Å². The predicted molar refractivity (Wildman–Crippen MR) is 64.1 cm³/mol. The lowest BCUT2D eigenvalue weighted by molar-refractivity contribution is -0.140. The van der Waals surface area contributed by atoms with Gasteiger partial charge in [-0.3, -0.25) is 4.79 Å². The zero-order valence-corrected chi connectivity index (χ0v) is 11.8. The Bertz CT molecular complexity index is 496. The summed E-state index contributed by atoms with van der Waals surface area (Å²) in [5, 5.41) is 8.76. The van der Waals surface area contributed by atoms with E-state index in [2.05, 4.69) is 15.9 Å². The molecule has 1 rings (SSSR count). The second-order valence-electron chi connectivity index (χ2n) is 3.09. The van der Waals surface area contributed by atoms with Crippen LogP contribution in [-0.4, -0.2) is 36.9 Å². The Morgan fingerprint density at radius 1 is 1.56 bits per heavy atom. The first-order chi connectivity index (χ1) is 7.26. The Hall–Kier alpha value is -0.440. The van der Waals surface area contributed by atoms with Crippen LogP contribution in [0.15, 0.2) is 20.1 Å². The number of rotatable bonds is 4. The van der Waals surface area contributed by atoms with E-state index in [4.69, 9.17) is 5.11 Å². The topological polar surface area (TPSA) is 74.7 Å². The number of sulfonamides is 1. The Morgan fingerprint density at radius 2 is 2.12 bits per heavy atom. The summed E-state index contributed by atoms with van der Waals surface area (Å²) in [6, 6.07) is 1.96. The quantitative estimate of drug-likeness (QED) is 0.911. The minimum Gasteiger partial charge on any atom is -0.480 e. The third-order valence-electron chi connectivity index (χ3n) is 2.08. The molecule has 1 heterocycles. The molecule has 0 aliphatic rings. The standard InChI is InChI=1S/C8H10BrNO4S2/c1-5(8(11)12)10(2)16(13,14)7-4-3-6(9)15-7/h3-5H,1-2H3,(H,11,12). The van der Waals surface area contributed by atoms with E-state index in [1.807, 2.05) is 0 Å². The number of carbonyl (C=O) groups is 1. The highest BCUT2D eigenvalue weighted by Crippen LogP contribution is 2.28. The second kappa shape index (κ2) is 4.82. The van der Waals surface area contributed by atoms with Crippen molar-refractivity contribution in [3.8, 4) is 0 Å². The van der Waals surface area contributed by atoms with Gasteiger partial charge in [-0.25, -0.2) is 8.42 Å². The minimum atomic E-state index is -3.72. The normalized spacial score (nSPS) is 14.0. The Kier molecular flexibility index (Phi) is 4.11. The van der Waals surface area contributed by atoms with Crippen molar-refractivity contribution in [2.45, 2.75) is 17.2 Å². The van der Waals surface area contributed by atoms with Crippen LogP contribution in [0.1, 0.15) is 6.92 Å². The van der Waals surface area contributed by atoms with E-state index < -0.39 is 22.0 Å². The first-order valence-corrected chi connectivity index (χ1v) is 7.28. The highest BCUT2D eigenvalue weighted by Gasteiger charge is 2.30. The zero-order chi connectivity index (χ0) is 12.5. The molecule has 0 saturated carbocycles. The van der Waals surface area contributed by atoms with E-state index in [9.17, 15) is 13.2 Å². The number of aliphatic carboxylic acids is 1. The van der Waals surface area contributed by atoms with Gasteiger partial charge in [-0.2, -0.15) is 4.31 Å². The van der Waals surface area contributed by atoms with Gasteiger partial charge in [0.25, 0.3) is 10.0 Å². The number of thiophene rings is 1. The molecule has 0 aliphatic heterocycles. The van der Waals surface area contributed by atoms with E-state index in [-0.39, 0.29) is 4.21 Å². The number of hydrogen-bond acceptors (Lipinski definition) is 4. The molecular formula is C8H10BrNO4S2. The van der Waals surface area contributed by atoms with Crippen molar-refractivity contribution in [3.05, 3.63) is 15.9 Å². The Morgan fingerprint density at radius 3 is 2.50 bits per heavy atom. The van der Waals surface area contributed by atoms with Crippen molar-refractivity contribution in [1.29, 1.82) is 0 Å². The van der Waals surface area contributed by atoms with Gasteiger partial charge in [0, 0.05) is 7.05 Å². The van der Waals surface area contributed by atoms with Crippen molar-refractivity contribution in [2.75, 3.05) is 7.05 Å². The number of nitrogens with zero attached hydrogens (tertiary/aromatic N) is 1. The maximum Gasteiger partial charge on any atom is 0.321 e. The van der Waals surface area contributed by atoms with Crippen LogP contribution in [0.5, 0.6) is 0 Å². The van der Waals surface area contributed by atoms with Crippen LogP contribution in [0, 0.1) is 0 Å². The van der Waals surface area contributed by atoms with E-state index in [1.165, 1.54) is 20.0 Å². The second-order valence-corrected chi connectivity index (χ2v) is 7.78. The van der Waals surface area contributed by atoms with Crippen LogP contribution in [0.4, 0.5) is 0 Å². The number of hydrogen-bond donors (Lipinski definition) is 1. The molecule has 5 nitrogen and oxygen atoms in total. The van der Waals surface area contributed by atoms with E-state index >= 15 is 0 Å². The summed E-state index contributed by atoms with van der Waals surface area (Å²) in [4.78, 5) is 10.7. The lowest BCUT2D eigenvalue weighted by atomic mass is 10.4. The van der Waals surface area contributed by atoms with Crippen LogP contribution >= 0.6 is 27.3 Å². The molecule has 0 aliphatic carbocycles. The third-order valence-corrected chi connectivity index (χ3v) is 6.10. The van der Waals surface area contributed by atoms with Crippen molar-refractivity contribution in [2.24, 2.45) is 0 Å². The molecular weight excluding hydrogens is 318 g/mol. The van der Waals surface area contributed by atoms with E-state index in [0.717, 1.165) is 15.6 Å². The van der Waals surface area contributed by atoms with E-state index in [0.29, 0.717) is 3.79 Å². The molecule has 1 aromatic rings. The highest BCUT2D eigenvalue weighted by molar-refractivity contribution is 9.11. The van der Waals surface area contributed by atoms with Gasteiger partial charge in [0.2, 0.25) is 0 Å². The van der Waals surface area contributed by atoms with Gasteiger partial charge in [-0.15, -0.1) is 11.3 Å². The molecule has 0 fully saturated rings. The molecule has 0 amide bonds. The summed E-state index contributed by atoms with van der Waals surface area (Å²) in [5.74, 6) is -1.18. The molecule has 0 aromatic carbocycles. The average molecular weight is 328 g/mol. The largest absolute Gasteiger partial charge is 0.480 e. The van der Waals surface area contributed by atoms with E-state index in [1.54, 1.807) is 6.07 Å². The van der Waals surface area contributed by atoms with Crippen LogP contribution in [0.2, 0.25) is 0 Å². The predicted octanol–water partition coefficient (Wildman–Crippen LogP) is 1.60. The fourth-order valence-electron chi connectivity index (χ4n) is 0.942. The van der Waals surface area contributed by atoms with Crippen LogP contribution in [-0.2, 0) is 14.8 Å². The zero-order valence-electron chi connectivity index (χ0n) is 8.55. The van der Waals surface area contributed by atoms with Gasteiger partial charge in [0.15, 0.2) is 0 Å². The first-order valence-electron chi connectivity index (χ1n) is 4.23. The van der Waals surface area contributed by atoms with Gasteiger partial charge < -0.3 is 5.11 Å². The van der Waals surface area contributed by atoms with Gasteiger partial charge in [0.1, 0.15) is 10.3 Å². The SMILES string of the molecule is CC(C(=O)O)N(C)S(=O)(=O)c1ccc(Br)s1. The lowest BCUT2D eigenvalue weighted by Gasteiger charge is -2.19. The maximum absolute atomic E-state index is 11.9. The molecule has 1 N–H and O–H groups in total. The highest BCUT2D eigenvalue weighted by atomic mass is 79.9. The van der Waals surface area contributed by atoms with Gasteiger partial charge in [-0.1, -0.05) is 0 Å². The monoisotopic (exact) mass is 327 g/mol. The fraction of sp³-hybridized carbons (Fsp3) is 0.375. The molecule has 1 unspecified atom stereocenters. The number of carboxylic acid groups (broad SMARTS) is 1. The Labute approximate surface area is 106 Å². The summed E-state index contributed by atoms with van der Waals surface area (Å²) < 4.78 is 25.5. The smallest absolute Gasteiger partial charge is 0.321 e. The Balaban J connectivity index is 3.08. The summed E-state index contributed by atoms with van der Waals surface area (Å²) >= 11 is 4.21. The van der Waals surface area contributed by atoms with Crippen molar-refractivity contribution in [3.63, 3.8) is 0 Å². The lowest BCUT2D eigenvalue weighted by Crippen LogP contribution is -2.39. The first kappa shape index (κ1) is 13.6. The summed E-state index contributed by atoms with van der Waals surface area (Å²) in [7, 11) is -2.47. The van der Waals surface area contributed by atoms with Crippen molar-refractivity contribution in [1.82, 2.24) is 4.31 Å². The molecule has 0 spiro atoms. The number of halogens is 1. The molecule has 8 heteroatoms. The minimum absolute atomic E-state index is 0.120. The fourth-order valence-corrected chi connectivity index (χ4v) is 4.46. The van der Waals surface area contributed by atoms with Crippen LogP contribution < -0.4 is 0 Å². The number of likely N-dealkylation sites (N-methyl/N-ethyl adjacent to an activating group) is 1. The van der Waals surface area contributed by atoms with Crippen molar-refractivity contribution >= 4 is 43.3 Å². The summed E-state index contributed by atoms with van der Waals surface area (Å²) in [6.07, 6.45) is 0. The van der Waals surface area contributed by atoms with Crippen LogP contribution in [0.3, 0.4) is 0 Å². The van der Waals surface area contributed by atoms with Gasteiger partial charge >= 0.3 is 5.97 Å². The molecule has 0 saturated heterocycles. The average Bonchev–Trinajstić information content (AvgIpc) is 2.62. The number of carboxylic acids is 1. The molecule has 16 heavy (non-hydrogen) atoms. The molecule has 0 bridgehead atoms. The third kappa shape index (κ3) is 2.62.